The lowest BCUT2D eigenvalue weighted by Crippen LogP contribution is -2.25. The molecule has 3 N–H and O–H groups in total. The van der Waals surface area contributed by atoms with Crippen molar-refractivity contribution in [1.29, 1.82) is 0 Å². The zero-order chi connectivity index (χ0) is 25.2. The van der Waals surface area contributed by atoms with Crippen LogP contribution in [0.15, 0.2) is 48.8 Å². The Balaban J connectivity index is 1.37. The second kappa shape index (κ2) is 9.80. The maximum Gasteiger partial charge on any atom is 0.257 e. The molecule has 0 saturated heterocycles. The minimum atomic E-state index is -0.447. The van der Waals surface area contributed by atoms with Crippen molar-refractivity contribution in [3.8, 4) is 22.8 Å². The van der Waals surface area contributed by atoms with Gasteiger partial charge in [0.2, 0.25) is 11.8 Å². The summed E-state index contributed by atoms with van der Waals surface area (Å²) in [6.07, 6.45) is 6.34. The summed E-state index contributed by atoms with van der Waals surface area (Å²) in [5.74, 6) is 0.486. The van der Waals surface area contributed by atoms with Gasteiger partial charge in [-0.05, 0) is 61.1 Å². The molecule has 0 aliphatic heterocycles. The lowest BCUT2D eigenvalue weighted by atomic mass is 10.1. The molecule has 0 spiro atoms. The molecule has 0 bridgehead atoms. The molecule has 0 radical (unpaired) electrons. The van der Waals surface area contributed by atoms with E-state index in [0.717, 1.165) is 24.8 Å². The smallest absolute Gasteiger partial charge is 0.257 e. The Kier molecular flexibility index (Phi) is 6.41. The average Bonchev–Trinajstić information content (AvgIpc) is 3.46. The molecule has 3 heterocycles. The zero-order valence-electron chi connectivity index (χ0n) is 20.1. The monoisotopic (exact) mass is 490 g/mol. The second-order valence-corrected chi connectivity index (χ2v) is 9.03. The van der Waals surface area contributed by atoms with Crippen LogP contribution in [0.25, 0.3) is 16.8 Å². The van der Waals surface area contributed by atoms with E-state index in [0.29, 0.717) is 28.4 Å². The van der Waals surface area contributed by atoms with Crippen LogP contribution in [0.2, 0.25) is 0 Å². The highest BCUT2D eigenvalue weighted by atomic mass is 19.1. The summed E-state index contributed by atoms with van der Waals surface area (Å²) in [6.45, 7) is 2.15. The summed E-state index contributed by atoms with van der Waals surface area (Å²) in [5.41, 5.74) is 8.22. The van der Waals surface area contributed by atoms with Gasteiger partial charge in [-0.3, -0.25) is 4.79 Å². The summed E-state index contributed by atoms with van der Waals surface area (Å²) >= 11 is 0. The SMILES string of the molecule is COc1ncc(-c2ccn3nc(N)nc3c2)cc1C(=O)NCc1c(F)cccc1OC1CCC(C)C1. The minimum absolute atomic E-state index is 0.0402. The predicted molar refractivity (Wildman–Crippen MR) is 132 cm³/mol. The molecule has 1 saturated carbocycles. The molecular weight excluding hydrogens is 463 g/mol. The molecule has 1 aromatic carbocycles. The van der Waals surface area contributed by atoms with Gasteiger partial charge in [-0.2, -0.15) is 4.98 Å². The number of hydrogen-bond donors (Lipinski definition) is 2. The molecule has 1 aliphatic carbocycles. The Morgan fingerprint density at radius 2 is 2.11 bits per heavy atom. The van der Waals surface area contributed by atoms with E-state index in [1.54, 1.807) is 41.2 Å². The number of halogens is 1. The number of benzene rings is 1. The Morgan fingerprint density at radius 1 is 1.25 bits per heavy atom. The van der Waals surface area contributed by atoms with E-state index in [1.165, 1.54) is 13.2 Å². The number of carbonyl (C=O) groups is 1. The third kappa shape index (κ3) is 4.79. The summed E-state index contributed by atoms with van der Waals surface area (Å²) in [5, 5.41) is 6.86. The zero-order valence-corrected chi connectivity index (χ0v) is 20.1. The molecule has 1 fully saturated rings. The van der Waals surface area contributed by atoms with Crippen LogP contribution in [0, 0.1) is 11.7 Å². The molecule has 2 unspecified atom stereocenters. The van der Waals surface area contributed by atoms with Gasteiger partial charge in [0.15, 0.2) is 5.65 Å². The highest BCUT2D eigenvalue weighted by Gasteiger charge is 2.24. The van der Waals surface area contributed by atoms with Gasteiger partial charge in [0.05, 0.1) is 13.2 Å². The fraction of sp³-hybridized carbons (Fsp3) is 0.308. The van der Waals surface area contributed by atoms with Gasteiger partial charge < -0.3 is 20.5 Å². The van der Waals surface area contributed by atoms with Crippen molar-refractivity contribution in [2.24, 2.45) is 5.92 Å². The van der Waals surface area contributed by atoms with E-state index in [9.17, 15) is 9.18 Å². The maximum atomic E-state index is 14.7. The fourth-order valence-corrected chi connectivity index (χ4v) is 4.54. The van der Waals surface area contributed by atoms with Crippen molar-refractivity contribution in [3.63, 3.8) is 0 Å². The van der Waals surface area contributed by atoms with Crippen LogP contribution in [0.4, 0.5) is 10.3 Å². The first kappa shape index (κ1) is 23.5. The Hall–Kier alpha value is -4.21. The number of carbonyl (C=O) groups excluding carboxylic acids is 1. The molecule has 36 heavy (non-hydrogen) atoms. The van der Waals surface area contributed by atoms with Crippen molar-refractivity contribution >= 4 is 17.5 Å². The summed E-state index contributed by atoms with van der Waals surface area (Å²) in [4.78, 5) is 21.6. The van der Waals surface area contributed by atoms with E-state index in [-0.39, 0.29) is 30.0 Å². The number of ether oxygens (including phenoxy) is 2. The van der Waals surface area contributed by atoms with Crippen LogP contribution in [-0.4, -0.2) is 38.7 Å². The molecule has 5 rings (SSSR count). The molecule has 2 atom stereocenters. The third-order valence-electron chi connectivity index (χ3n) is 6.42. The van der Waals surface area contributed by atoms with Crippen LogP contribution >= 0.6 is 0 Å². The number of nitrogen functional groups attached to an aromatic ring is 1. The first-order valence-electron chi connectivity index (χ1n) is 11.8. The molecule has 10 heteroatoms. The number of nitrogens with one attached hydrogen (secondary N) is 1. The van der Waals surface area contributed by atoms with Gasteiger partial charge in [-0.15, -0.1) is 5.10 Å². The lowest BCUT2D eigenvalue weighted by Gasteiger charge is -2.18. The van der Waals surface area contributed by atoms with Gasteiger partial charge in [-0.1, -0.05) is 13.0 Å². The standard InChI is InChI=1S/C26H27FN6O3/c1-15-6-7-18(10-15)36-22-5-3-4-21(27)20(22)14-29-24(34)19-11-17(13-30-25(19)35-2)16-8-9-33-23(12-16)31-26(28)32-33/h3-5,8-9,11-13,15,18H,6-7,10,14H2,1-2H3,(H2,28,32)(H,29,34). The summed E-state index contributed by atoms with van der Waals surface area (Å²) in [6, 6.07) is 10.0. The second-order valence-electron chi connectivity index (χ2n) is 9.03. The fourth-order valence-electron chi connectivity index (χ4n) is 4.54. The van der Waals surface area contributed by atoms with E-state index >= 15 is 0 Å². The maximum absolute atomic E-state index is 14.7. The van der Waals surface area contributed by atoms with E-state index < -0.39 is 11.7 Å². The van der Waals surface area contributed by atoms with Crippen LogP contribution in [0.5, 0.6) is 11.6 Å². The third-order valence-corrected chi connectivity index (χ3v) is 6.42. The number of aromatic nitrogens is 4. The first-order valence-corrected chi connectivity index (χ1v) is 11.8. The van der Waals surface area contributed by atoms with Crippen molar-refractivity contribution in [1.82, 2.24) is 24.9 Å². The predicted octanol–water partition coefficient (Wildman–Crippen LogP) is 4.02. The van der Waals surface area contributed by atoms with Crippen LogP contribution < -0.4 is 20.5 Å². The van der Waals surface area contributed by atoms with Crippen LogP contribution in [0.3, 0.4) is 0 Å². The largest absolute Gasteiger partial charge is 0.490 e. The van der Waals surface area contributed by atoms with Gasteiger partial charge in [0.1, 0.15) is 17.1 Å². The molecule has 9 nitrogen and oxygen atoms in total. The van der Waals surface area contributed by atoms with Gasteiger partial charge in [0, 0.05) is 30.1 Å². The highest BCUT2D eigenvalue weighted by Crippen LogP contribution is 2.31. The Labute approximate surface area is 207 Å². The quantitative estimate of drug-likeness (QED) is 0.402. The number of hydrogen-bond acceptors (Lipinski definition) is 7. The molecule has 1 amide bonds. The van der Waals surface area contributed by atoms with Crippen molar-refractivity contribution in [2.75, 3.05) is 12.8 Å². The Morgan fingerprint density at radius 3 is 2.89 bits per heavy atom. The number of nitrogens with two attached hydrogens (primary N) is 1. The minimum Gasteiger partial charge on any atom is -0.490 e. The number of amides is 1. The van der Waals surface area contributed by atoms with Crippen molar-refractivity contribution < 1.29 is 18.7 Å². The van der Waals surface area contributed by atoms with E-state index in [4.69, 9.17) is 15.2 Å². The normalized spacial score (nSPS) is 17.3. The molecular formula is C26H27FN6O3. The number of methoxy groups -OCH3 is 1. The Bertz CT molecular complexity index is 1420. The number of pyridine rings is 2. The number of nitrogens with zero attached hydrogens (tertiary/aromatic N) is 4. The molecule has 1 aliphatic rings. The number of anilines is 1. The summed E-state index contributed by atoms with van der Waals surface area (Å²) in [7, 11) is 1.44. The highest BCUT2D eigenvalue weighted by molar-refractivity contribution is 5.97. The van der Waals surface area contributed by atoms with Crippen LogP contribution in [-0.2, 0) is 6.54 Å². The average molecular weight is 491 g/mol. The van der Waals surface area contributed by atoms with Gasteiger partial charge in [-0.25, -0.2) is 13.9 Å². The van der Waals surface area contributed by atoms with Gasteiger partial charge in [0.25, 0.3) is 5.91 Å². The first-order chi connectivity index (χ1) is 17.4. The molecule has 4 aromatic rings. The summed E-state index contributed by atoms with van der Waals surface area (Å²) < 4.78 is 27.7. The lowest BCUT2D eigenvalue weighted by molar-refractivity contribution is 0.0946. The molecule has 3 aromatic heterocycles. The van der Waals surface area contributed by atoms with Crippen LogP contribution in [0.1, 0.15) is 42.1 Å². The van der Waals surface area contributed by atoms with E-state index in [1.807, 2.05) is 6.07 Å². The van der Waals surface area contributed by atoms with Gasteiger partial charge >= 0.3 is 0 Å². The topological polar surface area (TPSA) is 117 Å². The van der Waals surface area contributed by atoms with E-state index in [2.05, 4.69) is 27.3 Å². The van der Waals surface area contributed by atoms with Crippen molar-refractivity contribution in [2.45, 2.75) is 38.8 Å². The number of rotatable bonds is 7. The molecule has 186 valence electrons. The number of fused-ring (bicyclic) bond motifs is 1. The van der Waals surface area contributed by atoms with Crippen molar-refractivity contribution in [3.05, 3.63) is 65.7 Å².